The average Bonchev–Trinajstić information content (AvgIpc) is 2.88. The molecule has 1 aliphatic carbocycles. The van der Waals surface area contributed by atoms with E-state index >= 15 is 0 Å². The van der Waals surface area contributed by atoms with Crippen LogP contribution in [-0.4, -0.2) is 12.0 Å². The Morgan fingerprint density at radius 1 is 1.18 bits per heavy atom. The van der Waals surface area contributed by atoms with Crippen LogP contribution in [0.15, 0.2) is 49.2 Å². The largest absolute Gasteiger partial charge is 0.334 e. The van der Waals surface area contributed by atoms with Crippen LogP contribution in [0.2, 0.25) is 0 Å². The summed E-state index contributed by atoms with van der Waals surface area (Å²) < 4.78 is 0. The quantitative estimate of drug-likeness (QED) is 0.792. The molecule has 0 atom stereocenters. The summed E-state index contributed by atoms with van der Waals surface area (Å²) in [5.41, 5.74) is 8.22. The number of aromatic nitrogens is 1. The maximum atomic E-state index is 4.85. The fourth-order valence-electron chi connectivity index (χ4n) is 2.90. The topological polar surface area (TPSA) is 16.1 Å². The van der Waals surface area contributed by atoms with Gasteiger partial charge < -0.3 is 4.90 Å². The molecule has 2 nitrogen and oxygen atoms in total. The highest BCUT2D eigenvalue weighted by atomic mass is 15.2. The summed E-state index contributed by atoms with van der Waals surface area (Å²) in [7, 11) is 2.01. The SMILES string of the molecule is C=C1CCc2ccc(-c3ccc(C)c(N(C)C(=C)C)n3)cc21. The Morgan fingerprint density at radius 2 is 1.95 bits per heavy atom. The third-order valence-electron chi connectivity index (χ3n) is 4.44. The Balaban J connectivity index is 2.06. The van der Waals surface area contributed by atoms with Gasteiger partial charge in [-0.05, 0) is 61.1 Å². The van der Waals surface area contributed by atoms with Gasteiger partial charge in [0.05, 0.1) is 5.69 Å². The van der Waals surface area contributed by atoms with Crippen LogP contribution in [0.5, 0.6) is 0 Å². The number of allylic oxidation sites excluding steroid dienone is 2. The van der Waals surface area contributed by atoms with Gasteiger partial charge in [0.25, 0.3) is 0 Å². The van der Waals surface area contributed by atoms with Gasteiger partial charge in [-0.25, -0.2) is 4.98 Å². The van der Waals surface area contributed by atoms with Crippen molar-refractivity contribution in [2.75, 3.05) is 11.9 Å². The number of anilines is 1. The molecule has 2 aromatic rings. The number of hydrogen-bond acceptors (Lipinski definition) is 2. The second kappa shape index (κ2) is 5.45. The predicted molar refractivity (Wildman–Crippen MR) is 95.0 cm³/mol. The highest BCUT2D eigenvalue weighted by Gasteiger charge is 2.16. The normalized spacial score (nSPS) is 13.1. The van der Waals surface area contributed by atoms with Crippen molar-refractivity contribution in [2.45, 2.75) is 26.7 Å². The first-order valence-corrected chi connectivity index (χ1v) is 7.65. The second-order valence-electron chi connectivity index (χ2n) is 6.11. The molecule has 112 valence electrons. The molecule has 22 heavy (non-hydrogen) atoms. The lowest BCUT2D eigenvalue weighted by atomic mass is 10.0. The van der Waals surface area contributed by atoms with Gasteiger partial charge in [-0.1, -0.05) is 31.4 Å². The van der Waals surface area contributed by atoms with Crippen LogP contribution in [0.25, 0.3) is 16.8 Å². The molecule has 1 aromatic carbocycles. The maximum Gasteiger partial charge on any atom is 0.136 e. The molecule has 0 spiro atoms. The van der Waals surface area contributed by atoms with Gasteiger partial charge in [0.15, 0.2) is 0 Å². The van der Waals surface area contributed by atoms with Crippen LogP contribution >= 0.6 is 0 Å². The molecule has 0 bridgehead atoms. The van der Waals surface area contributed by atoms with Crippen LogP contribution in [0, 0.1) is 6.92 Å². The monoisotopic (exact) mass is 290 g/mol. The van der Waals surface area contributed by atoms with E-state index in [1.807, 2.05) is 18.9 Å². The average molecular weight is 290 g/mol. The first-order chi connectivity index (χ1) is 10.5. The molecular weight excluding hydrogens is 268 g/mol. The standard InChI is InChI=1S/C20H22N2/c1-13(2)22(5)20-15(4)7-11-19(21-20)17-10-9-16-8-6-14(3)18(16)12-17/h7,9-12H,1,3,6,8H2,2,4-5H3. The molecule has 0 saturated heterocycles. The van der Waals surface area contributed by atoms with Crippen molar-refractivity contribution in [3.63, 3.8) is 0 Å². The lowest BCUT2D eigenvalue weighted by Crippen LogP contribution is -2.16. The summed E-state index contributed by atoms with van der Waals surface area (Å²) in [6.45, 7) is 12.3. The van der Waals surface area contributed by atoms with Gasteiger partial charge in [0.1, 0.15) is 5.82 Å². The summed E-state index contributed by atoms with van der Waals surface area (Å²) in [6.07, 6.45) is 2.18. The summed E-state index contributed by atoms with van der Waals surface area (Å²) in [6, 6.07) is 10.8. The zero-order valence-electron chi connectivity index (χ0n) is 13.6. The van der Waals surface area contributed by atoms with E-state index in [1.54, 1.807) is 0 Å². The zero-order valence-corrected chi connectivity index (χ0v) is 13.6. The van der Waals surface area contributed by atoms with Crippen molar-refractivity contribution in [1.82, 2.24) is 4.98 Å². The molecule has 1 aliphatic rings. The predicted octanol–water partition coefficient (Wildman–Crippen LogP) is 4.99. The lowest BCUT2D eigenvalue weighted by Gasteiger charge is -2.20. The highest BCUT2D eigenvalue weighted by Crippen LogP contribution is 2.34. The smallest absolute Gasteiger partial charge is 0.136 e. The van der Waals surface area contributed by atoms with Crippen molar-refractivity contribution in [3.8, 4) is 11.3 Å². The van der Waals surface area contributed by atoms with Gasteiger partial charge in [-0.15, -0.1) is 0 Å². The second-order valence-corrected chi connectivity index (χ2v) is 6.11. The third kappa shape index (κ3) is 2.45. The summed E-state index contributed by atoms with van der Waals surface area (Å²) in [5.74, 6) is 0.962. The number of pyridine rings is 1. The van der Waals surface area contributed by atoms with Crippen molar-refractivity contribution in [3.05, 3.63) is 65.9 Å². The molecule has 0 amide bonds. The van der Waals surface area contributed by atoms with Crippen LogP contribution in [0.1, 0.15) is 30.0 Å². The summed E-state index contributed by atoms with van der Waals surface area (Å²) in [5, 5.41) is 0. The summed E-state index contributed by atoms with van der Waals surface area (Å²) >= 11 is 0. The number of rotatable bonds is 3. The minimum Gasteiger partial charge on any atom is -0.334 e. The molecule has 0 unspecified atom stereocenters. The number of nitrogens with zero attached hydrogens (tertiary/aromatic N) is 2. The van der Waals surface area contributed by atoms with Gasteiger partial charge in [0, 0.05) is 18.3 Å². The van der Waals surface area contributed by atoms with Gasteiger partial charge in [0.2, 0.25) is 0 Å². The Bertz CT molecular complexity index is 771. The Kier molecular flexibility index (Phi) is 3.61. The molecule has 0 fully saturated rings. The van der Waals surface area contributed by atoms with Crippen molar-refractivity contribution in [2.24, 2.45) is 0 Å². The Labute approximate surface area is 132 Å². The van der Waals surface area contributed by atoms with E-state index in [4.69, 9.17) is 4.98 Å². The zero-order chi connectivity index (χ0) is 15.9. The van der Waals surface area contributed by atoms with Crippen LogP contribution in [0.3, 0.4) is 0 Å². The highest BCUT2D eigenvalue weighted by molar-refractivity contribution is 5.76. The molecule has 0 saturated carbocycles. The van der Waals surface area contributed by atoms with E-state index in [-0.39, 0.29) is 0 Å². The van der Waals surface area contributed by atoms with Crippen molar-refractivity contribution < 1.29 is 0 Å². The molecule has 2 heteroatoms. The minimum atomic E-state index is 0.962. The lowest BCUT2D eigenvalue weighted by molar-refractivity contribution is 1.03. The van der Waals surface area contributed by atoms with Gasteiger partial charge in [-0.3, -0.25) is 0 Å². The molecule has 1 aromatic heterocycles. The van der Waals surface area contributed by atoms with E-state index in [0.29, 0.717) is 0 Å². The van der Waals surface area contributed by atoms with Crippen molar-refractivity contribution in [1.29, 1.82) is 0 Å². The number of fused-ring (bicyclic) bond motifs is 1. The Hall–Kier alpha value is -2.35. The van der Waals surface area contributed by atoms with Crippen molar-refractivity contribution >= 4 is 11.4 Å². The first-order valence-electron chi connectivity index (χ1n) is 7.65. The molecule has 1 heterocycles. The van der Waals surface area contributed by atoms with Gasteiger partial charge in [-0.2, -0.15) is 0 Å². The van der Waals surface area contributed by atoms with E-state index in [2.05, 4.69) is 50.4 Å². The first kappa shape index (κ1) is 14.6. The molecule has 3 rings (SSSR count). The van der Waals surface area contributed by atoms with Crippen LogP contribution < -0.4 is 4.90 Å². The Morgan fingerprint density at radius 3 is 2.68 bits per heavy atom. The van der Waals surface area contributed by atoms with Crippen LogP contribution in [-0.2, 0) is 6.42 Å². The number of aryl methyl sites for hydroxylation is 2. The number of hydrogen-bond donors (Lipinski definition) is 0. The van der Waals surface area contributed by atoms with E-state index in [1.165, 1.54) is 16.7 Å². The minimum absolute atomic E-state index is 0.962. The van der Waals surface area contributed by atoms with Gasteiger partial charge >= 0.3 is 0 Å². The van der Waals surface area contributed by atoms with E-state index in [0.717, 1.165) is 41.2 Å². The molecule has 0 radical (unpaired) electrons. The van der Waals surface area contributed by atoms with Crippen LogP contribution in [0.4, 0.5) is 5.82 Å². The molecule has 0 N–H and O–H groups in total. The van der Waals surface area contributed by atoms with E-state index in [9.17, 15) is 0 Å². The maximum absolute atomic E-state index is 4.85. The van der Waals surface area contributed by atoms with E-state index < -0.39 is 0 Å². The summed E-state index contributed by atoms with van der Waals surface area (Å²) in [4.78, 5) is 6.88. The third-order valence-corrected chi connectivity index (χ3v) is 4.44. The molecular formula is C20H22N2. The fraction of sp³-hybridized carbons (Fsp3) is 0.250. The number of benzene rings is 1. The fourth-order valence-corrected chi connectivity index (χ4v) is 2.90. The molecule has 0 aliphatic heterocycles.